The second kappa shape index (κ2) is 17.4. The van der Waals surface area contributed by atoms with Gasteiger partial charge in [-0.3, -0.25) is 4.79 Å². The van der Waals surface area contributed by atoms with Crippen molar-refractivity contribution in [2.45, 2.75) is 57.5 Å². The van der Waals surface area contributed by atoms with Gasteiger partial charge in [0.2, 0.25) is 0 Å². The first kappa shape index (κ1) is 30.0. The van der Waals surface area contributed by atoms with Crippen LogP contribution in [0.3, 0.4) is 0 Å². The van der Waals surface area contributed by atoms with E-state index in [0.29, 0.717) is 6.54 Å². The number of nitrogens with one attached hydrogen (secondary N) is 1. The summed E-state index contributed by atoms with van der Waals surface area (Å²) in [6, 6.07) is 18.9. The van der Waals surface area contributed by atoms with Crippen LogP contribution in [0.1, 0.15) is 49.7 Å². The first-order chi connectivity index (χ1) is 16.7. The smallest absolute Gasteiger partial charge is 0.490 e. The van der Waals surface area contributed by atoms with Crippen LogP contribution >= 0.6 is 0 Å². The Labute approximate surface area is 204 Å². The number of rotatable bonds is 15. The van der Waals surface area contributed by atoms with Gasteiger partial charge in [-0.25, -0.2) is 4.79 Å². The van der Waals surface area contributed by atoms with Gasteiger partial charge in [-0.2, -0.15) is 13.2 Å². The van der Waals surface area contributed by atoms with Crippen LogP contribution in [-0.4, -0.2) is 48.0 Å². The van der Waals surface area contributed by atoms with Crippen LogP contribution in [0.4, 0.5) is 13.2 Å². The minimum atomic E-state index is -5.08. The number of hydrogen-bond donors (Lipinski definition) is 3. The van der Waals surface area contributed by atoms with Gasteiger partial charge >= 0.3 is 18.1 Å². The lowest BCUT2D eigenvalue weighted by molar-refractivity contribution is -0.192. The molecule has 0 aliphatic carbocycles. The number of hydrogen-bond acceptors (Lipinski definition) is 4. The summed E-state index contributed by atoms with van der Waals surface area (Å²) in [5.41, 5.74) is 2.67. The molecule has 0 atom stereocenters. The number of aryl methyl sites for hydroxylation is 1. The lowest BCUT2D eigenvalue weighted by Crippen LogP contribution is -2.21. The van der Waals surface area contributed by atoms with E-state index < -0.39 is 18.1 Å². The van der Waals surface area contributed by atoms with Gasteiger partial charge in [-0.05, 0) is 55.5 Å². The van der Waals surface area contributed by atoms with Crippen LogP contribution in [-0.2, 0) is 22.4 Å². The maximum absolute atomic E-state index is 10.6. The topological polar surface area (TPSA) is 95.9 Å². The van der Waals surface area contributed by atoms with E-state index in [2.05, 4.69) is 47.8 Å². The number of carboxylic acids is 2. The van der Waals surface area contributed by atoms with E-state index in [4.69, 9.17) is 19.7 Å². The van der Waals surface area contributed by atoms with Crippen molar-refractivity contribution in [2.24, 2.45) is 0 Å². The van der Waals surface area contributed by atoms with Gasteiger partial charge in [0.15, 0.2) is 0 Å². The van der Waals surface area contributed by atoms with Crippen molar-refractivity contribution in [3.63, 3.8) is 0 Å². The highest BCUT2D eigenvalue weighted by atomic mass is 19.4. The Morgan fingerprint density at radius 3 is 1.94 bits per heavy atom. The molecule has 35 heavy (non-hydrogen) atoms. The summed E-state index contributed by atoms with van der Waals surface area (Å²) >= 11 is 0. The van der Waals surface area contributed by atoms with E-state index >= 15 is 0 Å². The fourth-order valence-corrected chi connectivity index (χ4v) is 3.10. The second-order valence-electron chi connectivity index (χ2n) is 7.94. The first-order valence-electron chi connectivity index (χ1n) is 11.7. The quantitative estimate of drug-likeness (QED) is 0.281. The average Bonchev–Trinajstić information content (AvgIpc) is 2.82. The van der Waals surface area contributed by atoms with E-state index in [1.165, 1.54) is 43.2 Å². The summed E-state index contributed by atoms with van der Waals surface area (Å²) in [6.45, 7) is 2.08. The van der Waals surface area contributed by atoms with Crippen molar-refractivity contribution < 1.29 is 37.7 Å². The van der Waals surface area contributed by atoms with E-state index in [1.807, 2.05) is 12.1 Å². The molecule has 2 aromatic rings. The molecule has 2 aromatic carbocycles. The van der Waals surface area contributed by atoms with Crippen molar-refractivity contribution in [3.05, 3.63) is 65.7 Å². The van der Waals surface area contributed by atoms with E-state index in [1.54, 1.807) is 0 Å². The lowest BCUT2D eigenvalue weighted by atomic mass is 10.1. The highest BCUT2D eigenvalue weighted by molar-refractivity contribution is 5.73. The van der Waals surface area contributed by atoms with Crippen LogP contribution in [0.25, 0.3) is 0 Å². The van der Waals surface area contributed by atoms with E-state index in [9.17, 15) is 18.0 Å². The lowest BCUT2D eigenvalue weighted by Gasteiger charge is -2.08. The van der Waals surface area contributed by atoms with Gasteiger partial charge in [-0.1, -0.05) is 61.7 Å². The molecule has 9 heteroatoms. The van der Waals surface area contributed by atoms with Gasteiger partial charge in [0.1, 0.15) is 5.75 Å². The van der Waals surface area contributed by atoms with Gasteiger partial charge in [-0.15, -0.1) is 0 Å². The van der Waals surface area contributed by atoms with Gasteiger partial charge < -0.3 is 20.3 Å². The summed E-state index contributed by atoms with van der Waals surface area (Å²) in [6.07, 6.45) is 3.28. The molecule has 0 saturated carbocycles. The fourth-order valence-electron chi connectivity index (χ4n) is 3.10. The largest absolute Gasteiger partial charge is 0.494 e. The van der Waals surface area contributed by atoms with E-state index in [-0.39, 0.29) is 6.42 Å². The van der Waals surface area contributed by atoms with Crippen LogP contribution < -0.4 is 10.1 Å². The fraction of sp³-hybridized carbons (Fsp3) is 0.462. The molecule has 0 fully saturated rings. The highest BCUT2D eigenvalue weighted by Gasteiger charge is 2.38. The summed E-state index contributed by atoms with van der Waals surface area (Å²) in [4.78, 5) is 19.3. The second-order valence-corrected chi connectivity index (χ2v) is 7.94. The Morgan fingerprint density at radius 1 is 0.771 bits per heavy atom. The zero-order valence-corrected chi connectivity index (χ0v) is 19.7. The Bertz CT molecular complexity index is 842. The molecule has 0 heterocycles. The van der Waals surface area contributed by atoms with Gasteiger partial charge in [0.05, 0.1) is 13.0 Å². The molecule has 194 valence electrons. The number of alkyl halides is 3. The SMILES string of the molecule is O=C(O)C(F)(F)F.O=C(O)CCNCCc1ccc(OCCCCCCCc2ccccc2)cc1. The highest BCUT2D eigenvalue weighted by Crippen LogP contribution is 2.14. The van der Waals surface area contributed by atoms with Crippen LogP contribution in [0.2, 0.25) is 0 Å². The average molecular weight is 498 g/mol. The van der Waals surface area contributed by atoms with Crippen LogP contribution in [0.15, 0.2) is 54.6 Å². The van der Waals surface area contributed by atoms with Crippen molar-refractivity contribution >= 4 is 11.9 Å². The molecular formula is C26H34F3NO5. The Kier molecular flexibility index (Phi) is 14.9. The third kappa shape index (κ3) is 16.2. The summed E-state index contributed by atoms with van der Waals surface area (Å²) in [5.74, 6) is -2.60. The molecule has 0 spiro atoms. The monoisotopic (exact) mass is 497 g/mol. The maximum atomic E-state index is 10.6. The number of carboxylic acid groups (broad SMARTS) is 2. The van der Waals surface area contributed by atoms with Crippen molar-refractivity contribution in [1.82, 2.24) is 5.32 Å². The van der Waals surface area contributed by atoms with E-state index in [0.717, 1.165) is 31.7 Å². The molecule has 0 bridgehead atoms. The molecule has 0 aliphatic heterocycles. The normalized spacial score (nSPS) is 10.8. The molecule has 2 rings (SSSR count). The molecule has 0 saturated heterocycles. The van der Waals surface area contributed by atoms with Gasteiger partial charge in [0.25, 0.3) is 0 Å². The molecule has 6 nitrogen and oxygen atoms in total. The molecule has 0 unspecified atom stereocenters. The number of benzene rings is 2. The minimum Gasteiger partial charge on any atom is -0.494 e. The van der Waals surface area contributed by atoms with Crippen LogP contribution in [0, 0.1) is 0 Å². The van der Waals surface area contributed by atoms with Crippen molar-refractivity contribution in [3.8, 4) is 5.75 Å². The summed E-state index contributed by atoms with van der Waals surface area (Å²) < 4.78 is 37.6. The Morgan fingerprint density at radius 2 is 1.34 bits per heavy atom. The maximum Gasteiger partial charge on any atom is 0.490 e. The molecule has 0 amide bonds. The zero-order valence-electron chi connectivity index (χ0n) is 19.7. The molecule has 0 radical (unpaired) electrons. The number of halogens is 3. The summed E-state index contributed by atoms with van der Waals surface area (Å²) in [5, 5.41) is 18.9. The third-order valence-corrected chi connectivity index (χ3v) is 4.99. The number of ether oxygens (including phenoxy) is 1. The van der Waals surface area contributed by atoms with Crippen molar-refractivity contribution in [1.29, 1.82) is 0 Å². The van der Waals surface area contributed by atoms with Gasteiger partial charge in [0, 0.05) is 6.54 Å². The summed E-state index contributed by atoms with van der Waals surface area (Å²) in [7, 11) is 0. The zero-order chi connectivity index (χ0) is 25.9. The minimum absolute atomic E-state index is 0.166. The molecular weight excluding hydrogens is 463 g/mol. The van der Waals surface area contributed by atoms with Crippen LogP contribution in [0.5, 0.6) is 5.75 Å². The Balaban J connectivity index is 0.000000762. The number of carbonyl (C=O) groups is 2. The standard InChI is InChI=1S/C24H33NO3.C2HF3O2/c26-24(27)17-19-25-18-16-22-12-14-23(15-13-22)28-20-8-3-1-2-5-9-21-10-6-4-7-11-21;3-2(4,5)1(6)7/h4,6-7,10-15,25H,1-3,5,8-9,16-20H2,(H,26,27);(H,6,7). The predicted molar refractivity (Wildman–Crippen MR) is 128 cm³/mol. The number of unbranched alkanes of at least 4 members (excludes halogenated alkanes) is 4. The molecule has 0 aromatic heterocycles. The first-order valence-corrected chi connectivity index (χ1v) is 11.7. The van der Waals surface area contributed by atoms with Crippen molar-refractivity contribution in [2.75, 3.05) is 19.7 Å². The molecule has 0 aliphatic rings. The third-order valence-electron chi connectivity index (χ3n) is 4.99. The number of aliphatic carboxylic acids is 2. The molecule has 3 N–H and O–H groups in total. The predicted octanol–water partition coefficient (Wildman–Crippen LogP) is 5.50. The Hall–Kier alpha value is -3.07.